The van der Waals surface area contributed by atoms with Crippen LogP contribution in [0.25, 0.3) is 0 Å². The van der Waals surface area contributed by atoms with Gasteiger partial charge in [0.1, 0.15) is 0 Å². The number of carboxylic acid groups (broad SMARTS) is 2. The zero-order valence-corrected chi connectivity index (χ0v) is 11.5. The second-order valence-electron chi connectivity index (χ2n) is 3.84. The van der Waals surface area contributed by atoms with Crippen LogP contribution in [-0.4, -0.2) is 72.1 Å². The van der Waals surface area contributed by atoms with Gasteiger partial charge in [0, 0.05) is 26.2 Å². The number of hydrogen-bond donors (Lipinski definition) is 3. The summed E-state index contributed by atoms with van der Waals surface area (Å²) < 4.78 is 63.5. The van der Waals surface area contributed by atoms with E-state index in [9.17, 15) is 26.3 Å². The summed E-state index contributed by atoms with van der Waals surface area (Å²) in [7, 11) is 0. The van der Waals surface area contributed by atoms with E-state index in [0.29, 0.717) is 0 Å². The molecule has 0 bridgehead atoms. The van der Waals surface area contributed by atoms with Crippen LogP contribution in [0.3, 0.4) is 0 Å². The minimum Gasteiger partial charge on any atom is -0.475 e. The molecule has 0 radical (unpaired) electrons. The van der Waals surface area contributed by atoms with Gasteiger partial charge in [0.25, 0.3) is 0 Å². The number of nitrogens with zero attached hydrogens (tertiary/aromatic N) is 1. The van der Waals surface area contributed by atoms with Crippen LogP contribution in [-0.2, 0) is 9.59 Å². The molecule has 0 aromatic carbocycles. The summed E-state index contributed by atoms with van der Waals surface area (Å²) in [5.74, 6) is -2.88. The maximum atomic E-state index is 10.6. The summed E-state index contributed by atoms with van der Waals surface area (Å²) >= 11 is 0. The first-order valence-corrected chi connectivity index (χ1v) is 5.79. The van der Waals surface area contributed by atoms with Crippen LogP contribution in [0.15, 0.2) is 0 Å². The first-order valence-electron chi connectivity index (χ1n) is 5.79. The number of carbonyl (C=O) groups is 2. The van der Waals surface area contributed by atoms with Crippen molar-refractivity contribution in [1.82, 2.24) is 10.2 Å². The fraction of sp³-hybridized carbons (Fsp3) is 0.636. The monoisotopic (exact) mass is 352 g/mol. The van der Waals surface area contributed by atoms with E-state index in [-0.39, 0.29) is 0 Å². The van der Waals surface area contributed by atoms with Gasteiger partial charge < -0.3 is 15.5 Å². The van der Waals surface area contributed by atoms with Gasteiger partial charge in [-0.1, -0.05) is 5.92 Å². The highest BCUT2D eigenvalue weighted by atomic mass is 19.4. The number of hydrogen-bond acceptors (Lipinski definition) is 4. The fourth-order valence-electron chi connectivity index (χ4n) is 0.998. The minimum atomic E-state index is -5.08. The number of aliphatic carboxylic acids is 2. The van der Waals surface area contributed by atoms with Crippen molar-refractivity contribution in [1.29, 1.82) is 0 Å². The summed E-state index contributed by atoms with van der Waals surface area (Å²) in [6.45, 7) is 5.18. The molecule has 1 heterocycles. The number of carboxylic acids is 2. The average molecular weight is 352 g/mol. The molecule has 0 unspecified atom stereocenters. The van der Waals surface area contributed by atoms with Crippen molar-refractivity contribution in [2.24, 2.45) is 0 Å². The van der Waals surface area contributed by atoms with Gasteiger partial charge in [0.2, 0.25) is 0 Å². The molecular weight excluding hydrogens is 338 g/mol. The molecule has 1 aliphatic rings. The summed E-state index contributed by atoms with van der Waals surface area (Å²) in [4.78, 5) is 20.1. The molecule has 6 nitrogen and oxygen atoms in total. The Hall–Kier alpha value is -2.00. The first-order chi connectivity index (χ1) is 10.3. The quantitative estimate of drug-likeness (QED) is 0.478. The normalized spacial score (nSPS) is 15.2. The third-order valence-corrected chi connectivity index (χ3v) is 2.01. The molecule has 3 N–H and O–H groups in total. The van der Waals surface area contributed by atoms with E-state index in [1.807, 2.05) is 0 Å². The van der Waals surface area contributed by atoms with Crippen molar-refractivity contribution in [3.63, 3.8) is 0 Å². The molecule has 1 saturated heterocycles. The SMILES string of the molecule is C#CCN1CCNCC1.O=C(O)C(F)(F)F.O=C(O)C(F)(F)F. The van der Waals surface area contributed by atoms with Crippen molar-refractivity contribution >= 4 is 11.9 Å². The van der Waals surface area contributed by atoms with E-state index in [1.54, 1.807) is 0 Å². The van der Waals surface area contributed by atoms with Crippen molar-refractivity contribution in [2.75, 3.05) is 32.7 Å². The van der Waals surface area contributed by atoms with E-state index < -0.39 is 24.3 Å². The molecule has 1 fully saturated rings. The standard InChI is InChI=1S/C7H12N2.2C2HF3O2/c1-2-5-9-6-3-8-4-7-9;2*3-2(4,5)1(6)7/h1,8H,3-7H2;2*(H,6,7). The van der Waals surface area contributed by atoms with Crippen LogP contribution in [0.2, 0.25) is 0 Å². The topological polar surface area (TPSA) is 89.9 Å². The summed E-state index contributed by atoms with van der Waals surface area (Å²) in [6, 6.07) is 0. The number of alkyl halides is 6. The number of terminal acetylenes is 1. The number of nitrogens with one attached hydrogen (secondary N) is 1. The summed E-state index contributed by atoms with van der Waals surface area (Å²) in [5, 5.41) is 17.5. The zero-order chi connectivity index (χ0) is 18.7. The maximum Gasteiger partial charge on any atom is 0.490 e. The Morgan fingerprint density at radius 3 is 1.52 bits per heavy atom. The highest BCUT2D eigenvalue weighted by molar-refractivity contribution is 5.73. The lowest BCUT2D eigenvalue weighted by Crippen LogP contribution is -2.43. The Morgan fingerprint density at radius 2 is 1.30 bits per heavy atom. The van der Waals surface area contributed by atoms with E-state index in [2.05, 4.69) is 16.1 Å². The third kappa shape index (κ3) is 14.7. The molecule has 0 aromatic heterocycles. The second-order valence-corrected chi connectivity index (χ2v) is 3.84. The molecule has 0 aromatic rings. The van der Waals surface area contributed by atoms with E-state index in [4.69, 9.17) is 26.2 Å². The average Bonchev–Trinajstić information content (AvgIpc) is 2.39. The second kappa shape index (κ2) is 10.7. The van der Waals surface area contributed by atoms with Crippen LogP contribution in [0.5, 0.6) is 0 Å². The molecule has 0 saturated carbocycles. The zero-order valence-electron chi connectivity index (χ0n) is 11.5. The maximum absolute atomic E-state index is 10.6. The number of rotatable bonds is 1. The van der Waals surface area contributed by atoms with Crippen molar-refractivity contribution < 1.29 is 46.1 Å². The van der Waals surface area contributed by atoms with Crippen LogP contribution in [0.4, 0.5) is 26.3 Å². The molecular formula is C11H14F6N2O4. The minimum absolute atomic E-state index is 0.807. The van der Waals surface area contributed by atoms with Gasteiger partial charge in [-0.05, 0) is 0 Å². The molecule has 1 aliphatic heterocycles. The summed E-state index contributed by atoms with van der Waals surface area (Å²) in [6.07, 6.45) is -5.02. The predicted molar refractivity (Wildman–Crippen MR) is 65.5 cm³/mol. The highest BCUT2D eigenvalue weighted by Crippen LogP contribution is 2.13. The molecule has 23 heavy (non-hydrogen) atoms. The van der Waals surface area contributed by atoms with Crippen LogP contribution >= 0.6 is 0 Å². The third-order valence-electron chi connectivity index (χ3n) is 2.01. The summed E-state index contributed by atoms with van der Waals surface area (Å²) in [5.41, 5.74) is 0. The van der Waals surface area contributed by atoms with Gasteiger partial charge in [-0.2, -0.15) is 26.3 Å². The van der Waals surface area contributed by atoms with Gasteiger partial charge >= 0.3 is 24.3 Å². The van der Waals surface area contributed by atoms with Gasteiger partial charge in [0.05, 0.1) is 6.54 Å². The number of halogens is 6. The smallest absolute Gasteiger partial charge is 0.475 e. The van der Waals surface area contributed by atoms with Crippen LogP contribution in [0, 0.1) is 12.3 Å². The van der Waals surface area contributed by atoms with Crippen LogP contribution < -0.4 is 5.32 Å². The predicted octanol–water partition coefficient (Wildman–Crippen LogP) is 0.791. The van der Waals surface area contributed by atoms with Gasteiger partial charge in [0.15, 0.2) is 0 Å². The highest BCUT2D eigenvalue weighted by Gasteiger charge is 2.38. The Bertz CT molecular complexity index is 386. The lowest BCUT2D eigenvalue weighted by Gasteiger charge is -2.24. The molecule has 12 heteroatoms. The van der Waals surface area contributed by atoms with E-state index in [1.165, 1.54) is 0 Å². The Morgan fingerprint density at radius 1 is 1.00 bits per heavy atom. The van der Waals surface area contributed by atoms with Gasteiger partial charge in [-0.15, -0.1) is 6.42 Å². The fourth-order valence-corrected chi connectivity index (χ4v) is 0.998. The Balaban J connectivity index is 0. The van der Waals surface area contributed by atoms with Gasteiger partial charge in [-0.25, -0.2) is 9.59 Å². The molecule has 0 aliphatic carbocycles. The largest absolute Gasteiger partial charge is 0.490 e. The van der Waals surface area contributed by atoms with Crippen molar-refractivity contribution in [2.45, 2.75) is 12.4 Å². The molecule has 0 amide bonds. The molecule has 0 spiro atoms. The van der Waals surface area contributed by atoms with Crippen molar-refractivity contribution in [3.05, 3.63) is 0 Å². The first kappa shape index (κ1) is 23.3. The molecule has 1 rings (SSSR count). The van der Waals surface area contributed by atoms with Crippen LogP contribution in [0.1, 0.15) is 0 Å². The Kier molecular flexibility index (Phi) is 10.8. The number of piperazine rings is 1. The molecule has 134 valence electrons. The van der Waals surface area contributed by atoms with Crippen molar-refractivity contribution in [3.8, 4) is 12.3 Å². The lowest BCUT2D eigenvalue weighted by molar-refractivity contribution is -0.193. The van der Waals surface area contributed by atoms with E-state index in [0.717, 1.165) is 32.7 Å². The van der Waals surface area contributed by atoms with Gasteiger partial charge in [-0.3, -0.25) is 4.90 Å². The van der Waals surface area contributed by atoms with E-state index >= 15 is 0 Å². The Labute approximate surface area is 127 Å². The lowest BCUT2D eigenvalue weighted by atomic mass is 10.4. The molecule has 0 atom stereocenters.